The van der Waals surface area contributed by atoms with Crippen molar-refractivity contribution in [1.82, 2.24) is 9.88 Å². The second-order valence-electron chi connectivity index (χ2n) is 5.39. The number of carbonyl (C=O) groups is 1. The number of rotatable bonds is 3. The van der Waals surface area contributed by atoms with Crippen molar-refractivity contribution in [3.63, 3.8) is 0 Å². The molecule has 0 aromatic carbocycles. The highest BCUT2D eigenvalue weighted by molar-refractivity contribution is 5.93. The van der Waals surface area contributed by atoms with Gasteiger partial charge >= 0.3 is 0 Å². The molecule has 0 bridgehead atoms. The predicted octanol–water partition coefficient (Wildman–Crippen LogP) is 2.70. The molecule has 5 heteroatoms. The normalized spacial score (nSPS) is 16.0. The first kappa shape index (κ1) is 13.7. The zero-order valence-electron chi connectivity index (χ0n) is 12.1. The van der Waals surface area contributed by atoms with E-state index in [4.69, 9.17) is 4.42 Å². The van der Waals surface area contributed by atoms with E-state index in [2.05, 4.69) is 10.3 Å². The molecule has 1 N–H and O–H groups in total. The number of hydrogen-bond donors (Lipinski definition) is 1. The van der Waals surface area contributed by atoms with E-state index in [1.165, 1.54) is 12.5 Å². The molecule has 5 nitrogen and oxygen atoms in total. The summed E-state index contributed by atoms with van der Waals surface area (Å²) in [7, 11) is 0. The standard InChI is InChI=1S/C16H19N3O2/c1-12-3-2-4-15(17-12)18-14-5-8-19(9-6-14)16(20)13-7-10-21-11-13/h2-4,7,10-11,14H,5-6,8-9H2,1H3,(H,17,18). The Balaban J connectivity index is 1.54. The van der Waals surface area contributed by atoms with Crippen molar-refractivity contribution in [2.75, 3.05) is 18.4 Å². The maximum Gasteiger partial charge on any atom is 0.257 e. The number of carbonyl (C=O) groups excluding carboxylic acids is 1. The number of aromatic nitrogens is 1. The Kier molecular flexibility index (Phi) is 3.90. The Bertz CT molecular complexity index is 602. The molecule has 1 fully saturated rings. The fourth-order valence-electron chi connectivity index (χ4n) is 2.63. The summed E-state index contributed by atoms with van der Waals surface area (Å²) in [6.45, 7) is 3.50. The maximum absolute atomic E-state index is 12.2. The minimum absolute atomic E-state index is 0.0517. The summed E-state index contributed by atoms with van der Waals surface area (Å²) < 4.78 is 4.97. The van der Waals surface area contributed by atoms with Crippen LogP contribution in [0.1, 0.15) is 28.9 Å². The van der Waals surface area contributed by atoms with Crippen molar-refractivity contribution in [2.45, 2.75) is 25.8 Å². The summed E-state index contributed by atoms with van der Waals surface area (Å²) in [6, 6.07) is 8.05. The van der Waals surface area contributed by atoms with E-state index in [0.29, 0.717) is 11.6 Å². The lowest BCUT2D eigenvalue weighted by Crippen LogP contribution is -2.42. The average molecular weight is 285 g/mol. The molecule has 21 heavy (non-hydrogen) atoms. The van der Waals surface area contributed by atoms with Crippen molar-refractivity contribution >= 4 is 11.7 Å². The summed E-state index contributed by atoms with van der Waals surface area (Å²) in [4.78, 5) is 18.5. The van der Waals surface area contributed by atoms with Crippen molar-refractivity contribution < 1.29 is 9.21 Å². The first-order valence-corrected chi connectivity index (χ1v) is 7.24. The molecule has 1 aliphatic rings. The minimum Gasteiger partial charge on any atom is -0.472 e. The first-order valence-electron chi connectivity index (χ1n) is 7.24. The summed E-state index contributed by atoms with van der Waals surface area (Å²) in [5, 5.41) is 3.45. The van der Waals surface area contributed by atoms with Crippen LogP contribution in [0.2, 0.25) is 0 Å². The Labute approximate surface area is 124 Å². The lowest BCUT2D eigenvalue weighted by molar-refractivity contribution is 0.0717. The van der Waals surface area contributed by atoms with E-state index in [0.717, 1.165) is 37.4 Å². The van der Waals surface area contributed by atoms with Crippen LogP contribution in [0, 0.1) is 6.92 Å². The highest BCUT2D eigenvalue weighted by Gasteiger charge is 2.24. The van der Waals surface area contributed by atoms with Crippen LogP contribution in [0.5, 0.6) is 0 Å². The molecule has 1 aliphatic heterocycles. The van der Waals surface area contributed by atoms with Crippen LogP contribution in [0.25, 0.3) is 0 Å². The van der Waals surface area contributed by atoms with Gasteiger partial charge in [0.15, 0.2) is 0 Å². The third kappa shape index (κ3) is 3.24. The number of nitrogens with one attached hydrogen (secondary N) is 1. The fourth-order valence-corrected chi connectivity index (χ4v) is 2.63. The van der Waals surface area contributed by atoms with Gasteiger partial charge in [0.25, 0.3) is 5.91 Å². The summed E-state index contributed by atoms with van der Waals surface area (Å²) >= 11 is 0. The zero-order chi connectivity index (χ0) is 14.7. The van der Waals surface area contributed by atoms with Crippen molar-refractivity contribution in [3.8, 4) is 0 Å². The van der Waals surface area contributed by atoms with Gasteiger partial charge in [0.05, 0.1) is 11.8 Å². The van der Waals surface area contributed by atoms with Gasteiger partial charge in [-0.25, -0.2) is 4.98 Å². The van der Waals surface area contributed by atoms with E-state index in [9.17, 15) is 4.79 Å². The molecule has 110 valence electrons. The van der Waals surface area contributed by atoms with Crippen LogP contribution in [0.3, 0.4) is 0 Å². The molecule has 1 saturated heterocycles. The molecule has 0 spiro atoms. The van der Waals surface area contributed by atoms with Crippen LogP contribution in [0.4, 0.5) is 5.82 Å². The monoisotopic (exact) mass is 285 g/mol. The Hall–Kier alpha value is -2.30. The van der Waals surface area contributed by atoms with Crippen LogP contribution >= 0.6 is 0 Å². The molecule has 3 rings (SSSR count). The number of furan rings is 1. The van der Waals surface area contributed by atoms with E-state index >= 15 is 0 Å². The molecule has 0 unspecified atom stereocenters. The topological polar surface area (TPSA) is 58.4 Å². The van der Waals surface area contributed by atoms with Gasteiger partial charge in [-0.3, -0.25) is 4.79 Å². The third-order valence-electron chi connectivity index (χ3n) is 3.79. The quantitative estimate of drug-likeness (QED) is 0.942. The highest BCUT2D eigenvalue weighted by Crippen LogP contribution is 2.17. The van der Waals surface area contributed by atoms with Gasteiger partial charge in [-0.05, 0) is 38.0 Å². The molecule has 0 radical (unpaired) electrons. The number of aryl methyl sites for hydroxylation is 1. The summed E-state index contributed by atoms with van der Waals surface area (Å²) in [5.41, 5.74) is 1.63. The van der Waals surface area contributed by atoms with E-state index in [1.807, 2.05) is 30.0 Å². The lowest BCUT2D eigenvalue weighted by atomic mass is 10.0. The highest BCUT2D eigenvalue weighted by atomic mass is 16.3. The molecule has 2 aromatic heterocycles. The summed E-state index contributed by atoms with van der Waals surface area (Å²) in [5.74, 6) is 0.963. The fraction of sp³-hybridized carbons (Fsp3) is 0.375. The van der Waals surface area contributed by atoms with Crippen molar-refractivity contribution in [1.29, 1.82) is 0 Å². The second-order valence-corrected chi connectivity index (χ2v) is 5.39. The molecule has 2 aromatic rings. The van der Waals surface area contributed by atoms with E-state index < -0.39 is 0 Å². The number of amides is 1. The number of anilines is 1. The third-order valence-corrected chi connectivity index (χ3v) is 3.79. The van der Waals surface area contributed by atoms with Crippen molar-refractivity contribution in [2.24, 2.45) is 0 Å². The molecule has 1 amide bonds. The van der Waals surface area contributed by atoms with Gasteiger partial charge in [0, 0.05) is 24.8 Å². The maximum atomic E-state index is 12.2. The number of pyridine rings is 1. The predicted molar refractivity (Wildman–Crippen MR) is 80.2 cm³/mol. The van der Waals surface area contributed by atoms with Gasteiger partial charge in [-0.15, -0.1) is 0 Å². The average Bonchev–Trinajstić information content (AvgIpc) is 3.01. The molecular formula is C16H19N3O2. The SMILES string of the molecule is Cc1cccc(NC2CCN(C(=O)c3ccoc3)CC2)n1. The summed E-state index contributed by atoms with van der Waals surface area (Å²) in [6.07, 6.45) is 4.90. The molecule has 0 saturated carbocycles. The second kappa shape index (κ2) is 5.99. The van der Waals surface area contributed by atoms with Gasteiger partial charge in [0.2, 0.25) is 0 Å². The van der Waals surface area contributed by atoms with Gasteiger partial charge in [0.1, 0.15) is 12.1 Å². The minimum atomic E-state index is 0.0517. The van der Waals surface area contributed by atoms with Crippen molar-refractivity contribution in [3.05, 3.63) is 48.0 Å². The number of piperidine rings is 1. The van der Waals surface area contributed by atoms with E-state index in [-0.39, 0.29) is 5.91 Å². The van der Waals surface area contributed by atoms with Crippen LogP contribution in [-0.2, 0) is 0 Å². The van der Waals surface area contributed by atoms with Crippen LogP contribution in [0.15, 0.2) is 41.2 Å². The van der Waals surface area contributed by atoms with E-state index in [1.54, 1.807) is 6.07 Å². The molecule has 0 atom stereocenters. The van der Waals surface area contributed by atoms with Gasteiger partial charge in [-0.1, -0.05) is 6.07 Å². The Morgan fingerprint density at radius 3 is 2.81 bits per heavy atom. The lowest BCUT2D eigenvalue weighted by Gasteiger charge is -2.32. The van der Waals surface area contributed by atoms with Crippen LogP contribution in [-0.4, -0.2) is 34.9 Å². The van der Waals surface area contributed by atoms with Gasteiger partial charge in [-0.2, -0.15) is 0 Å². The molecule has 0 aliphatic carbocycles. The smallest absolute Gasteiger partial charge is 0.257 e. The van der Waals surface area contributed by atoms with Crippen LogP contribution < -0.4 is 5.32 Å². The Morgan fingerprint density at radius 2 is 2.14 bits per heavy atom. The van der Waals surface area contributed by atoms with Gasteiger partial charge < -0.3 is 14.6 Å². The molecular weight excluding hydrogens is 266 g/mol. The first-order chi connectivity index (χ1) is 10.2. The largest absolute Gasteiger partial charge is 0.472 e. The number of hydrogen-bond acceptors (Lipinski definition) is 4. The number of likely N-dealkylation sites (tertiary alicyclic amines) is 1. The molecule has 3 heterocycles. The Morgan fingerprint density at radius 1 is 1.33 bits per heavy atom. The number of nitrogens with zero attached hydrogens (tertiary/aromatic N) is 2. The zero-order valence-corrected chi connectivity index (χ0v) is 12.1.